The molecule has 100 heavy (non-hydrogen) atoms. The van der Waals surface area contributed by atoms with Crippen LogP contribution in [0, 0.1) is 17.8 Å². The van der Waals surface area contributed by atoms with Crippen molar-refractivity contribution in [3.05, 3.63) is 197 Å². The number of rotatable bonds is 18. The second-order valence-electron chi connectivity index (χ2n) is 26.3. The second-order valence-corrected chi connectivity index (χ2v) is 28.6. The summed E-state index contributed by atoms with van der Waals surface area (Å²) in [6.45, 7) is 16.9. The fourth-order valence-corrected chi connectivity index (χ4v) is 10.5. The zero-order chi connectivity index (χ0) is 74.3. The molecular formula is C71H100BBr2ClF3N15O7. The van der Waals surface area contributed by atoms with Gasteiger partial charge >= 0.3 is 7.12 Å². The van der Waals surface area contributed by atoms with Gasteiger partial charge in [0.15, 0.2) is 0 Å². The highest BCUT2D eigenvalue weighted by molar-refractivity contribution is 9.10. The molecule has 3 aliphatic heterocycles. The number of amides is 2. The number of hydrogen-bond donors (Lipinski definition) is 2. The van der Waals surface area contributed by atoms with E-state index in [0.29, 0.717) is 25.2 Å². The van der Waals surface area contributed by atoms with Gasteiger partial charge in [-0.25, -0.2) is 19.9 Å². The van der Waals surface area contributed by atoms with Gasteiger partial charge in [0.1, 0.15) is 5.82 Å². The Morgan fingerprint density at radius 3 is 1.35 bits per heavy atom. The van der Waals surface area contributed by atoms with Gasteiger partial charge in [-0.15, -0.1) is 11.6 Å². The maximum atomic E-state index is 12.8. The number of nitrogens with two attached hydrogens (primary N) is 1. The lowest BCUT2D eigenvalue weighted by Crippen LogP contribution is -2.41. The van der Waals surface area contributed by atoms with E-state index in [1.807, 2.05) is 136 Å². The number of halogens is 6. The number of nitrogens with zero attached hydrogens (tertiary/aromatic N) is 13. The van der Waals surface area contributed by atoms with Crippen molar-refractivity contribution in [3.63, 3.8) is 0 Å². The Kier molecular flexibility index (Phi) is 36.8. The summed E-state index contributed by atoms with van der Waals surface area (Å²) < 4.78 is 54.8. The van der Waals surface area contributed by atoms with Crippen molar-refractivity contribution in [3.8, 4) is 11.1 Å². The predicted molar refractivity (Wildman–Crippen MR) is 400 cm³/mol. The first-order chi connectivity index (χ1) is 47.1. The van der Waals surface area contributed by atoms with Crippen molar-refractivity contribution >= 4 is 73.7 Å². The molecule has 7 aromatic rings. The quantitative estimate of drug-likeness (QED) is 0.0465. The van der Waals surface area contributed by atoms with Crippen LogP contribution < -0.4 is 27.9 Å². The first kappa shape index (κ1) is 85.4. The number of likely N-dealkylation sites (N-methyl/N-ethyl adjacent to an activating group) is 4. The Labute approximate surface area is 609 Å². The Bertz CT molecular complexity index is 3650. The molecule has 2 atom stereocenters. The van der Waals surface area contributed by atoms with Crippen molar-refractivity contribution < 1.29 is 32.1 Å². The molecule has 3 aliphatic rings. The van der Waals surface area contributed by atoms with Crippen LogP contribution in [-0.2, 0) is 32.0 Å². The molecule has 0 radical (unpaired) electrons. The van der Waals surface area contributed by atoms with Gasteiger partial charge in [-0.05, 0) is 188 Å². The van der Waals surface area contributed by atoms with Crippen LogP contribution >= 0.6 is 43.5 Å². The summed E-state index contributed by atoms with van der Waals surface area (Å²) in [6.07, 6.45) is 14.4. The third-order valence-corrected chi connectivity index (χ3v) is 17.5. The van der Waals surface area contributed by atoms with Crippen LogP contribution in [0.4, 0.5) is 19.0 Å². The summed E-state index contributed by atoms with van der Waals surface area (Å²) in [5, 5.41) is 0. The monoisotopic (exact) mass is 1540 g/mol. The highest BCUT2D eigenvalue weighted by atomic mass is 79.9. The van der Waals surface area contributed by atoms with Gasteiger partial charge in [-0.2, -0.15) is 13.2 Å². The predicted octanol–water partition coefficient (Wildman–Crippen LogP) is 8.65. The zero-order valence-corrected chi connectivity index (χ0v) is 64.1. The molecule has 22 nitrogen and oxygen atoms in total. The van der Waals surface area contributed by atoms with Gasteiger partial charge in [0.2, 0.25) is 35.2 Å². The Hall–Kier alpha value is -6.99. The van der Waals surface area contributed by atoms with E-state index in [2.05, 4.69) is 71.5 Å². The van der Waals surface area contributed by atoms with Crippen LogP contribution in [0.15, 0.2) is 152 Å². The number of H-pyrrole nitrogens is 1. The first-order valence-electron chi connectivity index (χ1n) is 32.8. The second kappa shape index (κ2) is 43.1. The van der Waals surface area contributed by atoms with Crippen molar-refractivity contribution in [1.29, 1.82) is 0 Å². The number of pyridine rings is 7. The molecule has 0 spiro atoms. The molecule has 3 N–H and O–H groups in total. The van der Waals surface area contributed by atoms with Crippen molar-refractivity contribution in [1.82, 2.24) is 68.4 Å². The summed E-state index contributed by atoms with van der Waals surface area (Å²) in [6, 6.07) is 22.8. The number of carbonyl (C=O) groups excluding carboxylic acids is 2. The number of aromatic nitrogens is 7. The SMILES string of the molecule is CC1(C)OB(c2ccc(F)nc2)OC1(C)C.CN(C)CCCl.CN(C)CCN1CCC(c2ccc(F)nc2)CC1=O.CN(C)CCN1CCC(c2ccc(N)nc2)CC1=O.CN(C)CCn1ccc(-c2ccc(F)nc2)cc1=O.CN(C)CCn1ccc(Br)cc1=O.O=c1cc(Br)cc[nH]1. The minimum Gasteiger partial charge on any atom is -0.399 e. The molecule has 546 valence electrons. The standard InChI is InChI=1S/C14H20FN3O.C14H16FN3O.C14H22N4O.C11H15BFNO2.C9H13BrN2O.C5H4BrNO.C4H10ClN/c3*1-17(2)7-8-18-6-5-11(9-14(18)19)12-3-4-13(15)16-10-12;1-10(2)11(3,4)16-12(15-10)8-5-6-9(13)14-7-8;1-11(2)5-6-12-4-3-8(10)7-9(12)13;6-4-1-2-7-5(8)3-4;1-6(2)4-3-5/h3-4,10-11H,5-9H2,1-2H3;3-6,9-10H,7-8H2,1-2H3;3-4,10-11H,5-9H2,1-2H3,(H2,15,16);5-7H,1-4H3;3-4,7H,5-6H2,1-2H3;1-3H,(H,7,8);3-4H2,1-2H3. The number of carbonyl (C=O) groups is 2. The normalized spacial score (nSPS) is 16.0. The maximum Gasteiger partial charge on any atom is 0.496 e. The van der Waals surface area contributed by atoms with Crippen LogP contribution in [0.25, 0.3) is 11.1 Å². The Morgan fingerprint density at radius 1 is 0.540 bits per heavy atom. The molecule has 3 saturated heterocycles. The molecule has 0 bridgehead atoms. The molecule has 0 aromatic carbocycles. The van der Waals surface area contributed by atoms with Crippen LogP contribution in [0.5, 0.6) is 0 Å². The number of piperidine rings is 2. The topological polar surface area (TPSA) is 230 Å². The average Bonchev–Trinajstić information content (AvgIpc) is 1.62. The summed E-state index contributed by atoms with van der Waals surface area (Å²) in [4.78, 5) is 89.5. The summed E-state index contributed by atoms with van der Waals surface area (Å²) in [5.41, 5.74) is 9.00. The lowest BCUT2D eigenvalue weighted by molar-refractivity contribution is -0.134. The van der Waals surface area contributed by atoms with Gasteiger partial charge in [0.05, 0.1) is 11.2 Å². The Balaban J connectivity index is 0.000000254. The fraction of sp³-hybridized carbons (Fsp3) is 0.479. The van der Waals surface area contributed by atoms with E-state index in [1.54, 1.807) is 82.6 Å². The van der Waals surface area contributed by atoms with Crippen molar-refractivity contribution in [2.75, 3.05) is 141 Å². The molecule has 10 heterocycles. The van der Waals surface area contributed by atoms with E-state index >= 15 is 0 Å². The first-order valence-corrected chi connectivity index (χ1v) is 35.0. The van der Waals surface area contributed by atoms with E-state index in [9.17, 15) is 37.1 Å². The van der Waals surface area contributed by atoms with Crippen LogP contribution in [0.1, 0.15) is 76.3 Å². The number of alkyl halides is 1. The third-order valence-electron chi connectivity index (χ3n) is 16.3. The minimum atomic E-state index is -0.525. The van der Waals surface area contributed by atoms with Gasteiger partial charge in [-0.3, -0.25) is 24.0 Å². The Morgan fingerprint density at radius 2 is 0.980 bits per heavy atom. The summed E-state index contributed by atoms with van der Waals surface area (Å²) in [5.74, 6) is 0.651. The van der Waals surface area contributed by atoms with E-state index < -0.39 is 25.0 Å². The number of hydrogen-bond acceptors (Lipinski definition) is 17. The average molecular weight is 1540 g/mol. The number of likely N-dealkylation sites (tertiary alicyclic amines) is 2. The van der Waals surface area contributed by atoms with Gasteiger partial charge in [0, 0.05) is 172 Å². The van der Waals surface area contributed by atoms with Crippen molar-refractivity contribution in [2.24, 2.45) is 0 Å². The molecular weight excluding hydrogens is 1440 g/mol. The fourth-order valence-electron chi connectivity index (χ4n) is 9.52. The number of anilines is 1. The number of nitrogens with one attached hydrogen (secondary N) is 1. The number of nitrogen functional groups attached to an aromatic ring is 1. The van der Waals surface area contributed by atoms with Crippen LogP contribution in [0.2, 0.25) is 0 Å². The van der Waals surface area contributed by atoms with Crippen LogP contribution in [-0.4, -0.2) is 234 Å². The summed E-state index contributed by atoms with van der Waals surface area (Å²) >= 11 is 11.7. The lowest BCUT2D eigenvalue weighted by Gasteiger charge is -2.32. The van der Waals surface area contributed by atoms with Gasteiger partial charge in [-0.1, -0.05) is 50.1 Å². The molecule has 2 unspecified atom stereocenters. The molecule has 0 aliphatic carbocycles. The maximum absolute atomic E-state index is 12.8. The van der Waals surface area contributed by atoms with Gasteiger partial charge < -0.3 is 63.5 Å². The molecule has 3 fully saturated rings. The third kappa shape index (κ3) is 31.5. The molecule has 10 rings (SSSR count). The van der Waals surface area contributed by atoms with E-state index in [1.165, 1.54) is 36.7 Å². The lowest BCUT2D eigenvalue weighted by atomic mass is 9.80. The molecule has 7 aromatic heterocycles. The summed E-state index contributed by atoms with van der Waals surface area (Å²) in [7, 11) is 19.5. The smallest absolute Gasteiger partial charge is 0.399 e. The van der Waals surface area contributed by atoms with Gasteiger partial charge in [0.25, 0.3) is 11.1 Å². The number of aromatic amines is 1. The van der Waals surface area contributed by atoms with Crippen molar-refractivity contribution in [2.45, 2.75) is 89.5 Å². The molecule has 2 amide bonds. The highest BCUT2D eigenvalue weighted by Crippen LogP contribution is 2.36. The molecule has 29 heteroatoms. The van der Waals surface area contributed by atoms with E-state index in [-0.39, 0.29) is 51.5 Å². The minimum absolute atomic E-state index is 0.0382. The zero-order valence-electron chi connectivity index (χ0n) is 60.2. The van der Waals surface area contributed by atoms with Crippen LogP contribution in [0.3, 0.4) is 0 Å². The molecule has 0 saturated carbocycles. The van der Waals surface area contributed by atoms with E-state index in [4.69, 9.17) is 26.6 Å². The largest absolute Gasteiger partial charge is 0.496 e. The highest BCUT2D eigenvalue weighted by Gasteiger charge is 2.51. The van der Waals surface area contributed by atoms with E-state index in [0.717, 1.165) is 121 Å².